The smallest absolute Gasteiger partial charge is 0.463 e. The van der Waals surface area contributed by atoms with Crippen LogP contribution in [0.15, 0.2) is 11.6 Å². The van der Waals surface area contributed by atoms with Crippen LogP contribution in [-0.4, -0.2) is 57.5 Å². The number of amides is 1. The summed E-state index contributed by atoms with van der Waals surface area (Å²) >= 11 is 0. The Hall–Kier alpha value is -1.00. The van der Waals surface area contributed by atoms with Crippen LogP contribution in [0.2, 0.25) is 0 Å². The summed E-state index contributed by atoms with van der Waals surface area (Å²) in [4.78, 5) is 44.9. The third-order valence-electron chi connectivity index (χ3n) is 3.80. The van der Waals surface area contributed by atoms with Gasteiger partial charge in [0.25, 0.3) is 0 Å². The first-order valence-corrected chi connectivity index (χ1v) is 10.3. The number of esters is 1. The van der Waals surface area contributed by atoms with Gasteiger partial charge in [0.2, 0.25) is 5.91 Å². The molecule has 0 fully saturated rings. The van der Waals surface area contributed by atoms with E-state index in [1.54, 1.807) is 13.0 Å². The molecule has 0 aromatic rings. The number of phosphoric acid groups is 1. The summed E-state index contributed by atoms with van der Waals surface area (Å²) < 4.78 is 20.0. The van der Waals surface area contributed by atoms with Crippen molar-refractivity contribution in [2.45, 2.75) is 71.2 Å². The van der Waals surface area contributed by atoms with E-state index in [9.17, 15) is 9.59 Å². The van der Waals surface area contributed by atoms with Gasteiger partial charge in [-0.1, -0.05) is 13.8 Å². The van der Waals surface area contributed by atoms with E-state index in [4.69, 9.17) is 34.5 Å². The molecular formula is C16H32ClN2O8P. The third kappa shape index (κ3) is 12.5. The Kier molecular flexibility index (Phi) is 14.7. The molecule has 0 saturated heterocycles. The molecule has 0 radical (unpaired) electrons. The van der Waals surface area contributed by atoms with Crippen molar-refractivity contribution in [2.24, 2.45) is 5.73 Å². The maximum Gasteiger partial charge on any atom is 0.466 e. The van der Waals surface area contributed by atoms with Crippen molar-refractivity contribution in [3.8, 4) is 0 Å². The van der Waals surface area contributed by atoms with Gasteiger partial charge >= 0.3 is 13.8 Å². The van der Waals surface area contributed by atoms with Gasteiger partial charge in [0.05, 0.1) is 24.9 Å². The van der Waals surface area contributed by atoms with Gasteiger partial charge in [-0.2, -0.15) is 0 Å². The topological polar surface area (TPSA) is 168 Å². The summed E-state index contributed by atoms with van der Waals surface area (Å²) in [6.45, 7) is 7.62. The van der Waals surface area contributed by atoms with Crippen molar-refractivity contribution in [1.29, 1.82) is 0 Å². The summed E-state index contributed by atoms with van der Waals surface area (Å²) in [7, 11) is -4.64. The molecule has 0 aromatic carbocycles. The Morgan fingerprint density at radius 3 is 2.18 bits per heavy atom. The molecule has 1 aliphatic rings. The van der Waals surface area contributed by atoms with Crippen LogP contribution in [0.25, 0.3) is 0 Å². The average Bonchev–Trinajstić information content (AvgIpc) is 2.53. The van der Waals surface area contributed by atoms with Gasteiger partial charge in [0.1, 0.15) is 0 Å². The molecule has 1 aliphatic carbocycles. The zero-order valence-corrected chi connectivity index (χ0v) is 18.2. The number of hydrogen-bond donors (Lipinski definition) is 5. The van der Waals surface area contributed by atoms with Crippen molar-refractivity contribution >= 4 is 32.1 Å². The highest BCUT2D eigenvalue weighted by atomic mass is 35.5. The predicted octanol–water partition coefficient (Wildman–Crippen LogP) is 0.779. The summed E-state index contributed by atoms with van der Waals surface area (Å²) in [6, 6.07) is -0.719. The molecule has 0 aliphatic heterocycles. The average molecular weight is 447 g/mol. The minimum absolute atomic E-state index is 0. The number of halogens is 1. The van der Waals surface area contributed by atoms with Crippen LogP contribution in [0.4, 0.5) is 0 Å². The van der Waals surface area contributed by atoms with Crippen LogP contribution in [0, 0.1) is 0 Å². The van der Waals surface area contributed by atoms with E-state index in [2.05, 4.69) is 5.32 Å². The molecule has 6 N–H and O–H groups in total. The van der Waals surface area contributed by atoms with Crippen molar-refractivity contribution in [3.05, 3.63) is 11.6 Å². The van der Waals surface area contributed by atoms with Crippen LogP contribution in [0.3, 0.4) is 0 Å². The monoisotopic (exact) mass is 446 g/mol. The fourth-order valence-electron chi connectivity index (χ4n) is 2.62. The van der Waals surface area contributed by atoms with Gasteiger partial charge in [-0.25, -0.2) is 9.36 Å². The van der Waals surface area contributed by atoms with Crippen LogP contribution in [0.5, 0.6) is 0 Å². The van der Waals surface area contributed by atoms with Gasteiger partial charge < -0.3 is 35.2 Å². The molecule has 1 rings (SSSR count). The Bertz CT molecular complexity index is 557. The highest BCUT2D eigenvalue weighted by Gasteiger charge is 2.35. The van der Waals surface area contributed by atoms with E-state index in [1.165, 1.54) is 6.92 Å². The summed E-state index contributed by atoms with van der Waals surface area (Å²) in [5.41, 5.74) is 6.68. The predicted molar refractivity (Wildman–Crippen MR) is 106 cm³/mol. The maximum absolute atomic E-state index is 12.0. The van der Waals surface area contributed by atoms with Gasteiger partial charge in [-0.05, 0) is 32.3 Å². The molecule has 0 aromatic heterocycles. The number of rotatable bonds is 7. The van der Waals surface area contributed by atoms with Crippen molar-refractivity contribution in [2.75, 3.05) is 6.61 Å². The molecule has 0 heterocycles. The van der Waals surface area contributed by atoms with Gasteiger partial charge in [-0.15, -0.1) is 12.4 Å². The molecule has 28 heavy (non-hydrogen) atoms. The molecule has 12 heteroatoms. The number of ether oxygens (including phenoxy) is 2. The van der Waals surface area contributed by atoms with Gasteiger partial charge in [0.15, 0.2) is 0 Å². The number of carbonyl (C=O) groups excluding carboxylic acids is 2. The first-order valence-electron chi connectivity index (χ1n) is 8.77. The highest BCUT2D eigenvalue weighted by Crippen LogP contribution is 2.26. The fourth-order valence-corrected chi connectivity index (χ4v) is 2.62. The molecule has 3 atom stereocenters. The van der Waals surface area contributed by atoms with E-state index in [0.717, 1.165) is 12.8 Å². The Morgan fingerprint density at radius 1 is 1.29 bits per heavy atom. The molecule has 0 spiro atoms. The zero-order chi connectivity index (χ0) is 21.2. The Labute approximate surface area is 171 Å². The SMILES string of the molecule is CCOC(=O)C1=C[C@@H](OC(CC)CC)[C@H](NC(C)=O)[C@@H](N)C1.Cl.O=P(O)(O)O. The quantitative estimate of drug-likeness (QED) is 0.280. The second kappa shape index (κ2) is 14.1. The van der Waals surface area contributed by atoms with Gasteiger partial charge in [-0.3, -0.25) is 4.79 Å². The Morgan fingerprint density at radius 2 is 1.79 bits per heavy atom. The summed E-state index contributed by atoms with van der Waals surface area (Å²) in [5, 5.41) is 2.84. The van der Waals surface area contributed by atoms with E-state index in [-0.39, 0.29) is 42.5 Å². The van der Waals surface area contributed by atoms with E-state index in [0.29, 0.717) is 18.6 Å². The lowest BCUT2D eigenvalue weighted by molar-refractivity contribution is -0.139. The number of nitrogens with one attached hydrogen (secondary N) is 1. The van der Waals surface area contributed by atoms with E-state index >= 15 is 0 Å². The fraction of sp³-hybridized carbons (Fsp3) is 0.750. The lowest BCUT2D eigenvalue weighted by atomic mass is 9.88. The van der Waals surface area contributed by atoms with Crippen LogP contribution in [0.1, 0.15) is 47.0 Å². The van der Waals surface area contributed by atoms with Crippen LogP contribution < -0.4 is 11.1 Å². The number of hydrogen-bond acceptors (Lipinski definition) is 6. The maximum atomic E-state index is 12.0. The van der Waals surface area contributed by atoms with E-state index < -0.39 is 13.9 Å². The first-order chi connectivity index (χ1) is 12.4. The highest BCUT2D eigenvalue weighted by molar-refractivity contribution is 7.45. The van der Waals surface area contributed by atoms with Gasteiger partial charge in [0, 0.05) is 18.5 Å². The largest absolute Gasteiger partial charge is 0.466 e. The zero-order valence-electron chi connectivity index (χ0n) is 16.5. The molecule has 10 nitrogen and oxygen atoms in total. The summed E-state index contributed by atoms with van der Waals surface area (Å²) in [6.07, 6.45) is 3.48. The van der Waals surface area contributed by atoms with Crippen molar-refractivity contribution < 1.29 is 38.3 Å². The Balaban J connectivity index is 0. The number of nitrogens with two attached hydrogens (primary N) is 1. The second-order valence-electron chi connectivity index (χ2n) is 6.06. The molecule has 166 valence electrons. The van der Waals surface area contributed by atoms with Crippen LogP contribution in [-0.2, 0) is 23.6 Å². The van der Waals surface area contributed by atoms with Crippen molar-refractivity contribution in [1.82, 2.24) is 5.32 Å². The molecule has 0 saturated carbocycles. The lowest BCUT2D eigenvalue weighted by Crippen LogP contribution is -2.57. The molecular weight excluding hydrogens is 415 g/mol. The molecule has 1 amide bonds. The van der Waals surface area contributed by atoms with Crippen molar-refractivity contribution in [3.63, 3.8) is 0 Å². The minimum atomic E-state index is -4.64. The minimum Gasteiger partial charge on any atom is -0.463 e. The van der Waals surface area contributed by atoms with Crippen LogP contribution >= 0.6 is 20.2 Å². The number of carbonyl (C=O) groups is 2. The second-order valence-corrected chi connectivity index (χ2v) is 7.09. The normalized spacial score (nSPS) is 21.6. The molecule has 0 bridgehead atoms. The van der Waals surface area contributed by atoms with E-state index in [1.807, 2.05) is 13.8 Å². The molecule has 0 unspecified atom stereocenters. The summed E-state index contributed by atoms with van der Waals surface area (Å²) in [5.74, 6) is -0.524. The standard InChI is InChI=1S/C16H28N2O4.ClH.H3O4P/c1-5-12(6-2)22-14-9-11(16(20)21-7-3)8-13(17)15(14)18-10(4)19;;1-5(2,3)4/h9,12-15H,5-8,17H2,1-4H3,(H,18,19);1H;(H3,1,2,3,4)/t13-,14+,15+;;/m0../s1. The lowest BCUT2D eigenvalue weighted by Gasteiger charge is -2.36. The third-order valence-corrected chi connectivity index (χ3v) is 3.80. The first kappa shape index (κ1) is 29.2.